The van der Waals surface area contributed by atoms with E-state index in [9.17, 15) is 22.8 Å². The Bertz CT molecular complexity index is 281. The number of carboxylic acid groups (broad SMARTS) is 1. The summed E-state index contributed by atoms with van der Waals surface area (Å²) in [7, 11) is 1.02. The van der Waals surface area contributed by atoms with Gasteiger partial charge in [0, 0.05) is 20.0 Å². The molecule has 0 heterocycles. The van der Waals surface area contributed by atoms with E-state index in [-0.39, 0.29) is 18.9 Å². The van der Waals surface area contributed by atoms with Crippen LogP contribution in [-0.4, -0.2) is 48.3 Å². The fourth-order valence-corrected chi connectivity index (χ4v) is 1.11. The first-order valence-electron chi connectivity index (χ1n) is 4.89. The Morgan fingerprint density at radius 2 is 1.94 bits per heavy atom. The third-order valence-electron chi connectivity index (χ3n) is 1.89. The van der Waals surface area contributed by atoms with Crippen LogP contribution in [0.3, 0.4) is 0 Å². The molecule has 0 saturated carbocycles. The number of amides is 2. The van der Waals surface area contributed by atoms with E-state index in [4.69, 9.17) is 5.11 Å². The summed E-state index contributed by atoms with van der Waals surface area (Å²) in [6, 6.07) is -0.875. The van der Waals surface area contributed by atoms with Gasteiger partial charge in [-0.3, -0.25) is 4.79 Å². The maximum atomic E-state index is 11.9. The highest BCUT2D eigenvalue weighted by molar-refractivity contribution is 5.74. The Morgan fingerprint density at radius 3 is 2.35 bits per heavy atom. The first kappa shape index (κ1) is 15.5. The van der Waals surface area contributed by atoms with E-state index in [1.807, 2.05) is 0 Å². The summed E-state index contributed by atoms with van der Waals surface area (Å²) >= 11 is 0. The normalized spacial score (nSPS) is 13.0. The summed E-state index contributed by atoms with van der Waals surface area (Å²) in [5.74, 6) is -1.36. The fourth-order valence-electron chi connectivity index (χ4n) is 1.11. The maximum absolute atomic E-state index is 11.9. The Hall–Kier alpha value is -1.47. The third kappa shape index (κ3) is 8.35. The maximum Gasteiger partial charge on any atom is 0.406 e. The zero-order chi connectivity index (χ0) is 13.6. The number of hydrogen-bond acceptors (Lipinski definition) is 2. The van der Waals surface area contributed by atoms with Crippen molar-refractivity contribution in [2.75, 3.05) is 20.1 Å². The Morgan fingerprint density at radius 1 is 1.41 bits per heavy atom. The van der Waals surface area contributed by atoms with E-state index in [0.29, 0.717) is 4.90 Å². The molecular formula is C9H15F3N2O3. The lowest BCUT2D eigenvalue weighted by Gasteiger charge is -2.20. The van der Waals surface area contributed by atoms with Gasteiger partial charge < -0.3 is 15.3 Å². The molecule has 0 aliphatic rings. The monoisotopic (exact) mass is 256 g/mol. The van der Waals surface area contributed by atoms with Crippen LogP contribution in [0.5, 0.6) is 0 Å². The zero-order valence-electron chi connectivity index (χ0n) is 9.54. The van der Waals surface area contributed by atoms with Crippen molar-refractivity contribution in [2.45, 2.75) is 19.5 Å². The molecule has 0 fully saturated rings. The van der Waals surface area contributed by atoms with Crippen molar-refractivity contribution in [3.05, 3.63) is 0 Å². The van der Waals surface area contributed by atoms with Gasteiger partial charge in [0.05, 0.1) is 0 Å². The van der Waals surface area contributed by atoms with Crippen LogP contribution in [0.25, 0.3) is 0 Å². The first-order valence-corrected chi connectivity index (χ1v) is 4.89. The van der Waals surface area contributed by atoms with Crippen LogP contribution in [0.4, 0.5) is 18.0 Å². The summed E-state index contributed by atoms with van der Waals surface area (Å²) in [5, 5.41) is 10.7. The Labute approximate surface area is 96.6 Å². The number of aliphatic carboxylic acids is 1. The van der Waals surface area contributed by atoms with Crippen LogP contribution in [0.1, 0.15) is 13.3 Å². The molecule has 0 bridgehead atoms. The van der Waals surface area contributed by atoms with Crippen molar-refractivity contribution >= 4 is 12.0 Å². The van der Waals surface area contributed by atoms with Gasteiger partial charge in [-0.2, -0.15) is 13.2 Å². The van der Waals surface area contributed by atoms with Gasteiger partial charge in [0.15, 0.2) is 0 Å². The molecule has 0 aliphatic heterocycles. The molecule has 1 atom stereocenters. The number of halogens is 3. The van der Waals surface area contributed by atoms with Gasteiger partial charge in [0.1, 0.15) is 6.54 Å². The molecule has 0 rings (SSSR count). The molecule has 17 heavy (non-hydrogen) atoms. The molecule has 1 unspecified atom stereocenters. The number of hydrogen-bond donors (Lipinski definition) is 2. The van der Waals surface area contributed by atoms with Gasteiger partial charge in [0.25, 0.3) is 0 Å². The van der Waals surface area contributed by atoms with E-state index < -0.39 is 24.7 Å². The molecule has 0 aromatic carbocycles. The number of carbonyl (C=O) groups excluding carboxylic acids is 1. The molecule has 0 radical (unpaired) electrons. The van der Waals surface area contributed by atoms with Gasteiger partial charge in [-0.1, -0.05) is 6.92 Å². The molecule has 2 amide bonds. The second-order valence-electron chi connectivity index (χ2n) is 3.86. The number of nitrogens with zero attached hydrogens (tertiary/aromatic N) is 1. The number of rotatable bonds is 5. The van der Waals surface area contributed by atoms with Gasteiger partial charge in [0.2, 0.25) is 0 Å². The lowest BCUT2D eigenvalue weighted by atomic mass is 10.1. The molecule has 0 saturated heterocycles. The standard InChI is InChI=1S/C9H15F3N2O3/c1-6(3-7(15)16)4-13-8(17)14(2)5-9(10,11)12/h6H,3-5H2,1-2H3,(H,13,17)(H,15,16). The van der Waals surface area contributed by atoms with Crippen LogP contribution in [0.15, 0.2) is 0 Å². The predicted molar refractivity (Wildman–Crippen MR) is 53.5 cm³/mol. The third-order valence-corrected chi connectivity index (χ3v) is 1.89. The highest BCUT2D eigenvalue weighted by atomic mass is 19.4. The summed E-state index contributed by atoms with van der Waals surface area (Å²) in [5.41, 5.74) is 0. The van der Waals surface area contributed by atoms with Crippen molar-refractivity contribution in [3.63, 3.8) is 0 Å². The summed E-state index contributed by atoms with van der Waals surface area (Å²) in [6.45, 7) is 0.262. The Kier molecular flexibility index (Phi) is 5.77. The van der Waals surface area contributed by atoms with Gasteiger partial charge in [-0.15, -0.1) is 0 Å². The number of alkyl halides is 3. The predicted octanol–water partition coefficient (Wildman–Crippen LogP) is 1.30. The highest BCUT2D eigenvalue weighted by Crippen LogP contribution is 2.15. The highest BCUT2D eigenvalue weighted by Gasteiger charge is 2.31. The summed E-state index contributed by atoms with van der Waals surface area (Å²) in [6.07, 6.45) is -4.60. The summed E-state index contributed by atoms with van der Waals surface area (Å²) in [4.78, 5) is 22.0. The molecule has 0 aliphatic carbocycles. The second kappa shape index (κ2) is 6.31. The van der Waals surface area contributed by atoms with Crippen LogP contribution >= 0.6 is 0 Å². The molecule has 5 nitrogen and oxygen atoms in total. The average molecular weight is 256 g/mol. The van der Waals surface area contributed by atoms with Crippen LogP contribution in [-0.2, 0) is 4.79 Å². The summed E-state index contributed by atoms with van der Waals surface area (Å²) < 4.78 is 35.8. The van der Waals surface area contributed by atoms with E-state index in [1.165, 1.54) is 0 Å². The van der Waals surface area contributed by atoms with E-state index >= 15 is 0 Å². The lowest BCUT2D eigenvalue weighted by Crippen LogP contribution is -2.43. The van der Waals surface area contributed by atoms with Crippen molar-refractivity contribution in [1.29, 1.82) is 0 Å². The molecular weight excluding hydrogens is 241 g/mol. The quantitative estimate of drug-likeness (QED) is 0.779. The number of carboxylic acids is 1. The zero-order valence-corrected chi connectivity index (χ0v) is 9.54. The van der Waals surface area contributed by atoms with E-state index in [1.54, 1.807) is 6.92 Å². The number of urea groups is 1. The van der Waals surface area contributed by atoms with Crippen molar-refractivity contribution < 1.29 is 27.9 Å². The SMILES string of the molecule is CC(CNC(=O)N(C)CC(F)(F)F)CC(=O)O. The number of nitrogens with one attached hydrogen (secondary N) is 1. The minimum atomic E-state index is -4.45. The van der Waals surface area contributed by atoms with Crippen molar-refractivity contribution in [1.82, 2.24) is 10.2 Å². The van der Waals surface area contributed by atoms with Crippen molar-refractivity contribution in [3.8, 4) is 0 Å². The topological polar surface area (TPSA) is 69.6 Å². The lowest BCUT2D eigenvalue weighted by molar-refractivity contribution is -0.138. The molecule has 0 spiro atoms. The average Bonchev–Trinajstić information content (AvgIpc) is 2.10. The minimum Gasteiger partial charge on any atom is -0.481 e. The molecule has 2 N–H and O–H groups in total. The Balaban J connectivity index is 3.97. The largest absolute Gasteiger partial charge is 0.481 e. The van der Waals surface area contributed by atoms with Crippen molar-refractivity contribution in [2.24, 2.45) is 5.92 Å². The van der Waals surface area contributed by atoms with Crippen LogP contribution < -0.4 is 5.32 Å². The van der Waals surface area contributed by atoms with Gasteiger partial charge in [-0.05, 0) is 5.92 Å². The molecule has 0 aromatic heterocycles. The molecule has 0 aromatic rings. The van der Waals surface area contributed by atoms with E-state index in [0.717, 1.165) is 7.05 Å². The fraction of sp³-hybridized carbons (Fsp3) is 0.778. The number of carbonyl (C=O) groups is 2. The van der Waals surface area contributed by atoms with E-state index in [2.05, 4.69) is 5.32 Å². The first-order chi connectivity index (χ1) is 7.61. The second-order valence-corrected chi connectivity index (χ2v) is 3.86. The molecule has 8 heteroatoms. The van der Waals surface area contributed by atoms with Gasteiger partial charge in [-0.25, -0.2) is 4.79 Å². The van der Waals surface area contributed by atoms with Crippen LogP contribution in [0.2, 0.25) is 0 Å². The smallest absolute Gasteiger partial charge is 0.406 e. The van der Waals surface area contributed by atoms with Crippen LogP contribution in [0, 0.1) is 5.92 Å². The minimum absolute atomic E-state index is 0.0212. The van der Waals surface area contributed by atoms with Gasteiger partial charge >= 0.3 is 18.2 Å². The molecule has 100 valence electrons.